The van der Waals surface area contributed by atoms with Gasteiger partial charge in [0.15, 0.2) is 9.84 Å². The number of ether oxygens (including phenoxy) is 2. The van der Waals surface area contributed by atoms with Gasteiger partial charge in [-0.05, 0) is 19.9 Å². The second kappa shape index (κ2) is 4.78. The highest BCUT2D eigenvalue weighted by Crippen LogP contribution is 2.37. The second-order valence-corrected chi connectivity index (χ2v) is 6.52. The van der Waals surface area contributed by atoms with Crippen molar-refractivity contribution in [1.29, 1.82) is 0 Å². The van der Waals surface area contributed by atoms with E-state index in [-0.39, 0.29) is 10.6 Å². The van der Waals surface area contributed by atoms with E-state index in [4.69, 9.17) is 9.47 Å². The minimum atomic E-state index is -3.43. The smallest absolute Gasteiger partial charge is 0.179 e. The van der Waals surface area contributed by atoms with Gasteiger partial charge in [-0.1, -0.05) is 0 Å². The summed E-state index contributed by atoms with van der Waals surface area (Å²) in [5.74, 6) is 0.499. The van der Waals surface area contributed by atoms with Crippen LogP contribution in [-0.2, 0) is 15.4 Å². The lowest BCUT2D eigenvalue weighted by Crippen LogP contribution is -2.17. The molecule has 5 nitrogen and oxygen atoms in total. The van der Waals surface area contributed by atoms with Crippen LogP contribution in [0, 0.1) is 0 Å². The van der Waals surface area contributed by atoms with Gasteiger partial charge in [-0.2, -0.15) is 0 Å². The molecule has 0 atom stereocenters. The Morgan fingerprint density at radius 3 is 1.94 bits per heavy atom. The van der Waals surface area contributed by atoms with Crippen molar-refractivity contribution in [2.24, 2.45) is 0 Å². The number of hydrogen-bond donors (Lipinski definition) is 1. The number of benzene rings is 1. The van der Waals surface area contributed by atoms with Crippen molar-refractivity contribution < 1.29 is 23.0 Å². The molecule has 0 aliphatic heterocycles. The molecule has 0 saturated heterocycles. The molecule has 1 rings (SSSR count). The Morgan fingerprint density at radius 2 is 1.61 bits per heavy atom. The van der Waals surface area contributed by atoms with Gasteiger partial charge in [-0.3, -0.25) is 0 Å². The molecule has 1 N–H and O–H groups in total. The predicted octanol–water partition coefficient (Wildman–Crippen LogP) is 1.33. The van der Waals surface area contributed by atoms with E-state index in [1.54, 1.807) is 13.8 Å². The summed E-state index contributed by atoms with van der Waals surface area (Å²) < 4.78 is 33.5. The van der Waals surface area contributed by atoms with Crippen LogP contribution in [-0.4, -0.2) is 34.0 Å². The first-order chi connectivity index (χ1) is 8.11. The number of sulfone groups is 1. The Labute approximate surface area is 107 Å². The fourth-order valence-corrected chi connectivity index (χ4v) is 2.47. The fraction of sp³-hybridized carbons (Fsp3) is 0.500. The molecule has 0 unspecified atom stereocenters. The van der Waals surface area contributed by atoms with Gasteiger partial charge < -0.3 is 14.6 Å². The highest BCUT2D eigenvalue weighted by molar-refractivity contribution is 7.90. The maximum absolute atomic E-state index is 11.6. The quantitative estimate of drug-likeness (QED) is 0.897. The minimum Gasteiger partial charge on any atom is -0.496 e. The zero-order valence-corrected chi connectivity index (χ0v) is 12.0. The number of rotatable bonds is 4. The molecular weight excluding hydrogens is 256 g/mol. The lowest BCUT2D eigenvalue weighted by atomic mass is 9.97. The first-order valence-electron chi connectivity index (χ1n) is 5.30. The van der Waals surface area contributed by atoms with Crippen molar-refractivity contribution in [1.82, 2.24) is 0 Å². The van der Waals surface area contributed by atoms with Gasteiger partial charge in [0.1, 0.15) is 16.4 Å². The van der Waals surface area contributed by atoms with Crippen molar-refractivity contribution in [3.63, 3.8) is 0 Å². The van der Waals surface area contributed by atoms with E-state index in [2.05, 4.69) is 0 Å². The molecule has 0 saturated carbocycles. The molecule has 1 aromatic carbocycles. The highest BCUT2D eigenvalue weighted by Gasteiger charge is 2.26. The molecule has 0 aliphatic rings. The van der Waals surface area contributed by atoms with E-state index >= 15 is 0 Å². The van der Waals surface area contributed by atoms with E-state index < -0.39 is 15.4 Å². The molecule has 6 heteroatoms. The molecule has 0 aliphatic carbocycles. The van der Waals surface area contributed by atoms with Crippen LogP contribution in [0.15, 0.2) is 17.0 Å². The molecule has 0 radical (unpaired) electrons. The maximum atomic E-state index is 11.6. The molecule has 1 aromatic rings. The average Bonchev–Trinajstić information content (AvgIpc) is 2.24. The minimum absolute atomic E-state index is 0.0369. The molecule has 18 heavy (non-hydrogen) atoms. The van der Waals surface area contributed by atoms with Gasteiger partial charge in [0, 0.05) is 17.9 Å². The summed E-state index contributed by atoms with van der Waals surface area (Å²) in [4.78, 5) is 0.0369. The van der Waals surface area contributed by atoms with Crippen LogP contribution in [0.3, 0.4) is 0 Å². The summed E-state index contributed by atoms with van der Waals surface area (Å²) in [6.45, 7) is 3.18. The van der Waals surface area contributed by atoms with Gasteiger partial charge in [0.25, 0.3) is 0 Å². The van der Waals surface area contributed by atoms with Crippen molar-refractivity contribution in [3.8, 4) is 11.5 Å². The number of hydrogen-bond acceptors (Lipinski definition) is 5. The Balaban J connectivity index is 3.63. The SMILES string of the molecule is COc1cc(S(C)(=O)=O)c(OC)cc1C(C)(C)O. The first kappa shape index (κ1) is 14.8. The van der Waals surface area contributed by atoms with Crippen molar-refractivity contribution in [2.75, 3.05) is 20.5 Å². The topological polar surface area (TPSA) is 72.8 Å². The molecule has 0 fully saturated rings. The standard InChI is InChI=1S/C12H18O5S/c1-12(2,13)8-6-10(17-4)11(18(5,14)15)7-9(8)16-3/h6-7,13H,1-5H3. The van der Waals surface area contributed by atoms with Crippen LogP contribution in [0.1, 0.15) is 19.4 Å². The van der Waals surface area contributed by atoms with E-state index in [9.17, 15) is 13.5 Å². The number of aliphatic hydroxyl groups is 1. The maximum Gasteiger partial charge on any atom is 0.179 e. The summed E-state index contributed by atoms with van der Waals surface area (Å²) in [5, 5.41) is 10.0. The van der Waals surface area contributed by atoms with Crippen molar-refractivity contribution in [3.05, 3.63) is 17.7 Å². The van der Waals surface area contributed by atoms with Crippen LogP contribution >= 0.6 is 0 Å². The van der Waals surface area contributed by atoms with E-state index in [1.165, 1.54) is 26.4 Å². The summed E-state index contributed by atoms with van der Waals surface area (Å²) in [6.07, 6.45) is 1.09. The number of methoxy groups -OCH3 is 2. The predicted molar refractivity (Wildman–Crippen MR) is 67.9 cm³/mol. The normalized spacial score (nSPS) is 12.3. The van der Waals surface area contributed by atoms with Crippen LogP contribution in [0.2, 0.25) is 0 Å². The molecule has 0 spiro atoms. The van der Waals surface area contributed by atoms with Gasteiger partial charge in [0.05, 0.1) is 19.8 Å². The fourth-order valence-electron chi connectivity index (χ4n) is 1.64. The lowest BCUT2D eigenvalue weighted by molar-refractivity contribution is 0.0752. The van der Waals surface area contributed by atoms with Gasteiger partial charge in [-0.25, -0.2) is 8.42 Å². The monoisotopic (exact) mass is 274 g/mol. The van der Waals surface area contributed by atoms with E-state index in [0.29, 0.717) is 11.3 Å². The third-order valence-electron chi connectivity index (χ3n) is 2.54. The van der Waals surface area contributed by atoms with Crippen molar-refractivity contribution >= 4 is 9.84 Å². The lowest BCUT2D eigenvalue weighted by Gasteiger charge is -2.22. The summed E-state index contributed by atoms with van der Waals surface area (Å²) in [5.41, 5.74) is -0.691. The molecular formula is C12H18O5S. The Bertz CT molecular complexity index is 540. The third-order valence-corrected chi connectivity index (χ3v) is 3.66. The summed E-state index contributed by atoms with van der Waals surface area (Å²) in [7, 11) is -0.628. The van der Waals surface area contributed by atoms with Gasteiger partial charge >= 0.3 is 0 Å². The zero-order chi connectivity index (χ0) is 14.1. The molecule has 102 valence electrons. The van der Waals surface area contributed by atoms with Gasteiger partial charge in [-0.15, -0.1) is 0 Å². The zero-order valence-electron chi connectivity index (χ0n) is 11.1. The Morgan fingerprint density at radius 1 is 1.11 bits per heavy atom. The van der Waals surface area contributed by atoms with Crippen LogP contribution in [0.5, 0.6) is 11.5 Å². The molecule has 0 bridgehead atoms. The van der Waals surface area contributed by atoms with Crippen LogP contribution < -0.4 is 9.47 Å². The van der Waals surface area contributed by atoms with Crippen LogP contribution in [0.4, 0.5) is 0 Å². The Kier molecular flexibility index (Phi) is 3.92. The largest absolute Gasteiger partial charge is 0.496 e. The second-order valence-electron chi connectivity index (χ2n) is 4.53. The van der Waals surface area contributed by atoms with Gasteiger partial charge in [0.2, 0.25) is 0 Å². The summed E-state index contributed by atoms with van der Waals surface area (Å²) in [6, 6.07) is 2.84. The highest BCUT2D eigenvalue weighted by atomic mass is 32.2. The third kappa shape index (κ3) is 2.94. The Hall–Kier alpha value is -1.27. The molecule has 0 aromatic heterocycles. The van der Waals surface area contributed by atoms with Crippen molar-refractivity contribution in [2.45, 2.75) is 24.3 Å². The van der Waals surface area contributed by atoms with E-state index in [1.807, 2.05) is 0 Å². The summed E-state index contributed by atoms with van der Waals surface area (Å²) >= 11 is 0. The molecule has 0 amide bonds. The first-order valence-corrected chi connectivity index (χ1v) is 7.19. The van der Waals surface area contributed by atoms with Crippen LogP contribution in [0.25, 0.3) is 0 Å². The van der Waals surface area contributed by atoms with E-state index in [0.717, 1.165) is 6.26 Å². The molecule has 0 heterocycles. The average molecular weight is 274 g/mol.